The van der Waals surface area contributed by atoms with E-state index in [0.29, 0.717) is 11.3 Å². The summed E-state index contributed by atoms with van der Waals surface area (Å²) in [5.74, 6) is -2.21. The first-order valence-corrected chi connectivity index (χ1v) is 12.6. The summed E-state index contributed by atoms with van der Waals surface area (Å²) in [4.78, 5) is 41.6. The number of methoxy groups -OCH3 is 1. The van der Waals surface area contributed by atoms with E-state index in [0.717, 1.165) is 0 Å². The van der Waals surface area contributed by atoms with Crippen molar-refractivity contribution in [1.29, 1.82) is 0 Å². The van der Waals surface area contributed by atoms with Crippen LogP contribution in [0.4, 0.5) is 4.39 Å². The molecule has 0 fully saturated rings. The zero-order valence-electron chi connectivity index (χ0n) is 23.1. The summed E-state index contributed by atoms with van der Waals surface area (Å²) in [5.41, 5.74) is 0.175. The van der Waals surface area contributed by atoms with Crippen LogP contribution in [-0.2, 0) is 14.3 Å². The molecule has 0 aliphatic carbocycles. The molecule has 0 bridgehead atoms. The number of rotatable bonds is 13. The number of para-hydroxylation sites is 1. The van der Waals surface area contributed by atoms with E-state index in [1.54, 1.807) is 31.2 Å². The Hall–Kier alpha value is -4.93. The molecule has 0 saturated heterocycles. The van der Waals surface area contributed by atoms with Crippen molar-refractivity contribution >= 4 is 17.8 Å². The molecular weight excluding hydrogens is 535 g/mol. The van der Waals surface area contributed by atoms with Gasteiger partial charge in [-0.15, -0.1) is 0 Å². The van der Waals surface area contributed by atoms with E-state index in [1.807, 2.05) is 6.07 Å². The number of halogens is 1. The summed E-state index contributed by atoms with van der Waals surface area (Å²) in [6.45, 7) is 7.91. The van der Waals surface area contributed by atoms with Gasteiger partial charge in [-0.1, -0.05) is 30.9 Å². The van der Waals surface area contributed by atoms with Crippen LogP contribution in [0, 0.1) is 5.82 Å². The minimum absolute atomic E-state index is 0.110. The predicted octanol–water partition coefficient (Wildman–Crippen LogP) is 4.59. The molecule has 0 saturated carbocycles. The molecule has 0 spiro atoms. The Balaban J connectivity index is 1.82. The number of ether oxygens (including phenoxy) is 5. The smallest absolute Gasteiger partial charge is 0.328 e. The van der Waals surface area contributed by atoms with Crippen LogP contribution in [0.3, 0.4) is 0 Å². The maximum atomic E-state index is 14.1. The van der Waals surface area contributed by atoms with Crippen LogP contribution >= 0.6 is 0 Å². The van der Waals surface area contributed by atoms with Gasteiger partial charge in [0.2, 0.25) is 5.75 Å². The van der Waals surface area contributed by atoms with Gasteiger partial charge in [0.05, 0.1) is 7.11 Å². The Morgan fingerprint density at radius 3 is 2.46 bits per heavy atom. The number of hydrogen-bond donors (Lipinski definition) is 1. The second-order valence-electron chi connectivity index (χ2n) is 8.76. The third-order valence-electron chi connectivity index (χ3n) is 5.62. The number of hydrogen-bond acceptors (Lipinski definition) is 9. The largest absolute Gasteiger partial charge is 0.493 e. The molecule has 2 aromatic carbocycles. The lowest BCUT2D eigenvalue weighted by molar-refractivity contribution is -0.154. The third kappa shape index (κ3) is 8.28. The summed E-state index contributed by atoms with van der Waals surface area (Å²) in [6.07, 6.45) is 0.969. The molecule has 1 heterocycles. The molecule has 1 aromatic heterocycles. The van der Waals surface area contributed by atoms with E-state index < -0.39 is 41.9 Å². The molecule has 11 heteroatoms. The molecule has 41 heavy (non-hydrogen) atoms. The van der Waals surface area contributed by atoms with Gasteiger partial charge in [-0.25, -0.2) is 14.2 Å². The Bertz CT molecular complexity index is 1380. The summed E-state index contributed by atoms with van der Waals surface area (Å²) >= 11 is 0. The lowest BCUT2D eigenvalue weighted by Crippen LogP contribution is -2.42. The molecule has 0 aliphatic heterocycles. The topological polar surface area (TPSA) is 122 Å². The lowest BCUT2D eigenvalue weighted by Gasteiger charge is -2.28. The lowest BCUT2D eigenvalue weighted by atomic mass is 10.0. The highest BCUT2D eigenvalue weighted by atomic mass is 19.1. The first-order chi connectivity index (χ1) is 19.6. The number of aromatic nitrogens is 1. The summed E-state index contributed by atoms with van der Waals surface area (Å²) in [7, 11) is 1.34. The fourth-order valence-electron chi connectivity index (χ4n) is 3.74. The van der Waals surface area contributed by atoms with Gasteiger partial charge in [0.1, 0.15) is 36.1 Å². The number of nitrogens with one attached hydrogen (secondary N) is 1. The van der Waals surface area contributed by atoms with E-state index in [4.69, 9.17) is 23.7 Å². The molecule has 216 valence electrons. The fraction of sp³-hybridized carbons (Fsp3) is 0.267. The Labute approximate surface area is 237 Å². The highest BCUT2D eigenvalue weighted by Gasteiger charge is 2.31. The van der Waals surface area contributed by atoms with Crippen LogP contribution in [0.2, 0.25) is 0 Å². The van der Waals surface area contributed by atoms with Crippen LogP contribution in [-0.4, -0.2) is 48.7 Å². The fourth-order valence-corrected chi connectivity index (χ4v) is 3.74. The average Bonchev–Trinajstić information content (AvgIpc) is 2.95. The van der Waals surface area contributed by atoms with Crippen molar-refractivity contribution in [3.8, 4) is 23.0 Å². The van der Waals surface area contributed by atoms with Gasteiger partial charge >= 0.3 is 11.9 Å². The van der Waals surface area contributed by atoms with Gasteiger partial charge in [0, 0.05) is 30.8 Å². The highest BCUT2D eigenvalue weighted by molar-refractivity contribution is 5.98. The monoisotopic (exact) mass is 566 g/mol. The molecule has 0 aliphatic rings. The predicted molar refractivity (Wildman–Crippen MR) is 146 cm³/mol. The number of carbonyl (C=O) groups is 3. The van der Waals surface area contributed by atoms with Crippen LogP contribution in [0.15, 0.2) is 73.4 Å². The number of benzene rings is 2. The molecule has 0 radical (unpaired) electrons. The number of carbonyl (C=O) groups excluding carboxylic acids is 3. The standard InChI is InChI=1S/C30H31FN2O8/c1-6-16-38-25-17-21(31)12-13-23(25)27(41-22-10-8-7-9-11-22)19(3)39-30(36)18(2)33-29(35)26-28(40-20(4)34)24(37-5)14-15-32-26/h6-15,17-19,27H,1,16H2,2-5H3,(H,33,35)/t18-,19-,27-/m0/s1. The molecule has 1 amide bonds. The van der Waals surface area contributed by atoms with Crippen molar-refractivity contribution in [3.63, 3.8) is 0 Å². The SMILES string of the molecule is C=CCOc1cc(F)ccc1[C@@H](Oc1ccccc1)[C@H](C)OC(=O)[C@H](C)NC(=O)c1nccc(OC)c1OC(C)=O. The van der Waals surface area contributed by atoms with E-state index >= 15 is 0 Å². The summed E-state index contributed by atoms with van der Waals surface area (Å²) in [5, 5.41) is 2.49. The number of nitrogens with zero attached hydrogens (tertiary/aromatic N) is 1. The quantitative estimate of drug-likeness (QED) is 0.234. The van der Waals surface area contributed by atoms with Gasteiger partial charge < -0.3 is 29.0 Å². The molecule has 10 nitrogen and oxygen atoms in total. The Kier molecular flexibility index (Phi) is 10.8. The zero-order valence-corrected chi connectivity index (χ0v) is 23.1. The maximum absolute atomic E-state index is 14.1. The molecule has 3 atom stereocenters. The average molecular weight is 567 g/mol. The molecule has 3 aromatic rings. The third-order valence-corrected chi connectivity index (χ3v) is 5.62. The minimum atomic E-state index is -1.15. The normalized spacial score (nSPS) is 12.7. The van der Waals surface area contributed by atoms with E-state index in [9.17, 15) is 18.8 Å². The molecular formula is C30H31FN2O8. The molecule has 0 unspecified atom stereocenters. The maximum Gasteiger partial charge on any atom is 0.328 e. The van der Waals surface area contributed by atoms with Crippen LogP contribution in [0.1, 0.15) is 42.9 Å². The van der Waals surface area contributed by atoms with E-state index in [1.165, 1.54) is 57.5 Å². The first kappa shape index (κ1) is 30.6. The molecule has 1 N–H and O–H groups in total. The summed E-state index contributed by atoms with van der Waals surface area (Å²) in [6, 6.07) is 13.0. The number of pyridine rings is 1. The Morgan fingerprint density at radius 2 is 1.80 bits per heavy atom. The second-order valence-corrected chi connectivity index (χ2v) is 8.76. The highest BCUT2D eigenvalue weighted by Crippen LogP contribution is 2.34. The van der Waals surface area contributed by atoms with Gasteiger partial charge in [-0.3, -0.25) is 9.59 Å². The summed E-state index contributed by atoms with van der Waals surface area (Å²) < 4.78 is 41.9. The second kappa shape index (κ2) is 14.5. The van der Waals surface area contributed by atoms with Crippen molar-refractivity contribution in [2.75, 3.05) is 13.7 Å². The number of esters is 2. The molecule has 3 rings (SSSR count). The van der Waals surface area contributed by atoms with Crippen molar-refractivity contribution in [2.45, 2.75) is 39.0 Å². The van der Waals surface area contributed by atoms with Crippen molar-refractivity contribution in [3.05, 3.63) is 90.5 Å². The zero-order chi connectivity index (χ0) is 29.9. The van der Waals surface area contributed by atoms with Crippen molar-refractivity contribution < 1.29 is 42.5 Å². The van der Waals surface area contributed by atoms with Gasteiger partial charge in [-0.05, 0) is 38.1 Å². The van der Waals surface area contributed by atoms with Gasteiger partial charge in [0.15, 0.2) is 17.5 Å². The van der Waals surface area contributed by atoms with Crippen LogP contribution in [0.25, 0.3) is 0 Å². The number of amides is 1. The first-order valence-electron chi connectivity index (χ1n) is 12.6. The Morgan fingerprint density at radius 1 is 1.07 bits per heavy atom. The van der Waals surface area contributed by atoms with E-state index in [2.05, 4.69) is 16.9 Å². The van der Waals surface area contributed by atoms with Gasteiger partial charge in [0.25, 0.3) is 5.91 Å². The van der Waals surface area contributed by atoms with Crippen molar-refractivity contribution in [1.82, 2.24) is 10.3 Å². The van der Waals surface area contributed by atoms with Crippen LogP contribution < -0.4 is 24.3 Å². The minimum Gasteiger partial charge on any atom is -0.493 e. The van der Waals surface area contributed by atoms with Crippen LogP contribution in [0.5, 0.6) is 23.0 Å². The van der Waals surface area contributed by atoms with Gasteiger partial charge in [-0.2, -0.15) is 0 Å². The van der Waals surface area contributed by atoms with E-state index in [-0.39, 0.29) is 29.5 Å². The van der Waals surface area contributed by atoms with Crippen molar-refractivity contribution in [2.24, 2.45) is 0 Å².